The Morgan fingerprint density at radius 3 is 2.28 bits per heavy atom. The molecule has 0 spiro atoms. The molecule has 3 amide bonds. The summed E-state index contributed by atoms with van der Waals surface area (Å²) in [4.78, 5) is 39.6. The summed E-state index contributed by atoms with van der Waals surface area (Å²) in [5.74, 6) is -4.01. The maximum atomic E-state index is 13.9. The van der Waals surface area contributed by atoms with Gasteiger partial charge in [0.05, 0.1) is 12.5 Å². The Hall–Kier alpha value is -2.66. The third kappa shape index (κ3) is 8.66. The van der Waals surface area contributed by atoms with Crippen molar-refractivity contribution in [2.75, 3.05) is 19.6 Å². The number of halogens is 3. The lowest BCUT2D eigenvalue weighted by atomic mass is 9.84. The smallest absolute Gasteiger partial charge is 0.245 e. The van der Waals surface area contributed by atoms with Crippen molar-refractivity contribution in [3.8, 4) is 0 Å². The first kappa shape index (κ1) is 30.9. The Bertz CT molecular complexity index is 1010. The number of benzene rings is 1. The van der Waals surface area contributed by atoms with E-state index in [1.807, 2.05) is 20.8 Å². The summed E-state index contributed by atoms with van der Waals surface area (Å²) in [6.45, 7) is 6.35. The Kier molecular flexibility index (Phi) is 10.8. The van der Waals surface area contributed by atoms with Gasteiger partial charge in [0.15, 0.2) is 11.6 Å². The lowest BCUT2D eigenvalue weighted by Gasteiger charge is -2.39. The molecule has 0 radical (unpaired) electrons. The number of nitrogens with one attached hydrogen (secondary N) is 2. The fourth-order valence-electron chi connectivity index (χ4n) is 5.53. The number of hydroxylamine groups is 2. The van der Waals surface area contributed by atoms with Crippen LogP contribution in [0.3, 0.4) is 0 Å². The van der Waals surface area contributed by atoms with Crippen molar-refractivity contribution in [3.63, 3.8) is 0 Å². The lowest BCUT2D eigenvalue weighted by molar-refractivity contribution is -0.156. The number of amides is 3. The first-order chi connectivity index (χ1) is 18.4. The largest absolute Gasteiger partial charge is 0.344 e. The fourth-order valence-corrected chi connectivity index (χ4v) is 5.53. The zero-order valence-corrected chi connectivity index (χ0v) is 23.0. The minimum Gasteiger partial charge on any atom is -0.344 e. The van der Waals surface area contributed by atoms with Crippen LogP contribution in [0.2, 0.25) is 0 Å². The average molecular weight is 555 g/mol. The molecule has 0 aromatic heterocycles. The lowest BCUT2D eigenvalue weighted by Crippen LogP contribution is -2.58. The van der Waals surface area contributed by atoms with Crippen molar-refractivity contribution >= 4 is 18.2 Å². The third-order valence-electron chi connectivity index (χ3n) is 7.87. The van der Waals surface area contributed by atoms with E-state index in [-0.39, 0.29) is 42.9 Å². The summed E-state index contributed by atoms with van der Waals surface area (Å²) >= 11 is 0. The fraction of sp³-hybridized carbons (Fsp3) is 0.679. The second-order valence-electron chi connectivity index (χ2n) is 12.0. The molecule has 11 heteroatoms. The van der Waals surface area contributed by atoms with E-state index in [0.29, 0.717) is 49.4 Å². The van der Waals surface area contributed by atoms with Gasteiger partial charge in [0.1, 0.15) is 11.9 Å². The van der Waals surface area contributed by atoms with Gasteiger partial charge in [0.25, 0.3) is 0 Å². The first-order valence-electron chi connectivity index (χ1n) is 13.8. The second kappa shape index (κ2) is 13.6. The van der Waals surface area contributed by atoms with Crippen LogP contribution in [-0.2, 0) is 20.9 Å². The van der Waals surface area contributed by atoms with Crippen molar-refractivity contribution in [1.82, 2.24) is 20.6 Å². The molecule has 8 nitrogen and oxygen atoms in total. The Labute approximate surface area is 228 Å². The van der Waals surface area contributed by atoms with E-state index >= 15 is 0 Å². The van der Waals surface area contributed by atoms with Crippen LogP contribution in [0, 0.1) is 34.7 Å². The maximum absolute atomic E-state index is 13.9. The predicted molar refractivity (Wildman–Crippen MR) is 139 cm³/mol. The topological polar surface area (TPSA) is 102 Å². The highest BCUT2D eigenvalue weighted by atomic mass is 19.2. The van der Waals surface area contributed by atoms with E-state index in [0.717, 1.165) is 31.7 Å². The quantitative estimate of drug-likeness (QED) is 0.167. The molecule has 2 aliphatic rings. The van der Waals surface area contributed by atoms with Crippen molar-refractivity contribution < 1.29 is 32.8 Å². The van der Waals surface area contributed by atoms with Gasteiger partial charge in [0, 0.05) is 37.3 Å². The highest BCUT2D eigenvalue weighted by Gasteiger charge is 2.38. The van der Waals surface area contributed by atoms with Crippen LogP contribution in [0.15, 0.2) is 12.1 Å². The van der Waals surface area contributed by atoms with Crippen LogP contribution in [0.5, 0.6) is 0 Å². The molecular formula is C28H41F3N4O4. The number of nitrogens with zero attached hydrogens (tertiary/aromatic N) is 2. The van der Waals surface area contributed by atoms with Gasteiger partial charge in [-0.3, -0.25) is 19.6 Å². The molecule has 1 heterocycles. The molecule has 2 fully saturated rings. The molecule has 0 bridgehead atoms. The van der Waals surface area contributed by atoms with Gasteiger partial charge in [-0.15, -0.1) is 0 Å². The van der Waals surface area contributed by atoms with Crippen LogP contribution in [-0.4, -0.2) is 65.1 Å². The number of piperidine rings is 1. The SMILES string of the molecule is CC(C)(C)[C@H](NC(=O)C(CC1CCCC1)CN(O)C=O)C(=O)N1CCC(NCc2cc(F)c(F)cc2F)CC1. The van der Waals surface area contributed by atoms with Crippen LogP contribution < -0.4 is 10.6 Å². The van der Waals surface area contributed by atoms with Crippen molar-refractivity contribution in [2.24, 2.45) is 17.3 Å². The number of rotatable bonds is 11. The van der Waals surface area contributed by atoms with Crippen molar-refractivity contribution in [2.45, 2.75) is 84.3 Å². The number of likely N-dealkylation sites (tertiary alicyclic amines) is 1. The predicted octanol–water partition coefficient (Wildman–Crippen LogP) is 3.76. The molecule has 1 saturated heterocycles. The van der Waals surface area contributed by atoms with Gasteiger partial charge in [-0.25, -0.2) is 18.2 Å². The summed E-state index contributed by atoms with van der Waals surface area (Å²) in [6.07, 6.45) is 6.17. The van der Waals surface area contributed by atoms with Gasteiger partial charge in [-0.1, -0.05) is 46.5 Å². The molecule has 218 valence electrons. The number of hydrogen-bond acceptors (Lipinski definition) is 5. The normalized spacial score (nSPS) is 18.6. The Morgan fingerprint density at radius 1 is 1.08 bits per heavy atom. The van der Waals surface area contributed by atoms with E-state index in [1.54, 1.807) is 4.90 Å². The van der Waals surface area contributed by atoms with Crippen molar-refractivity contribution in [3.05, 3.63) is 35.1 Å². The highest BCUT2D eigenvalue weighted by Crippen LogP contribution is 2.31. The molecule has 1 aliphatic carbocycles. The van der Waals surface area contributed by atoms with E-state index in [4.69, 9.17) is 0 Å². The third-order valence-corrected chi connectivity index (χ3v) is 7.87. The summed E-state index contributed by atoms with van der Waals surface area (Å²) in [5, 5.41) is 16.4. The molecule has 3 rings (SSSR count). The molecule has 2 atom stereocenters. The zero-order valence-electron chi connectivity index (χ0n) is 23.0. The Balaban J connectivity index is 1.59. The monoisotopic (exact) mass is 554 g/mol. The minimum absolute atomic E-state index is 0.0334. The molecular weight excluding hydrogens is 513 g/mol. The zero-order chi connectivity index (χ0) is 28.7. The summed E-state index contributed by atoms with van der Waals surface area (Å²) in [5.41, 5.74) is -0.556. The van der Waals surface area contributed by atoms with Crippen LogP contribution >= 0.6 is 0 Å². The molecule has 3 N–H and O–H groups in total. The number of hydrogen-bond donors (Lipinski definition) is 3. The van der Waals surface area contributed by atoms with E-state index in [2.05, 4.69) is 10.6 Å². The van der Waals surface area contributed by atoms with Crippen molar-refractivity contribution in [1.29, 1.82) is 0 Å². The molecule has 1 saturated carbocycles. The van der Waals surface area contributed by atoms with Gasteiger partial charge in [-0.2, -0.15) is 0 Å². The standard InChI is InChI=1S/C28H41F3N4O4/c1-28(2,3)25(33-26(37)20(16-35(39)17-36)12-18-6-4-5-7-18)27(38)34-10-8-21(9-11-34)32-15-19-13-23(30)24(31)14-22(19)29/h13-14,17-18,20-21,25,32,39H,4-12,15-16H2,1-3H3,(H,33,37)/t20?,25-/m1/s1. The van der Waals surface area contributed by atoms with Crippen LogP contribution in [0.25, 0.3) is 0 Å². The minimum atomic E-state index is -1.23. The van der Waals surface area contributed by atoms with E-state index in [1.165, 1.54) is 0 Å². The summed E-state index contributed by atoms with van der Waals surface area (Å²) in [7, 11) is 0. The Morgan fingerprint density at radius 2 is 1.69 bits per heavy atom. The molecule has 1 aromatic rings. The highest BCUT2D eigenvalue weighted by molar-refractivity contribution is 5.89. The van der Waals surface area contributed by atoms with Gasteiger partial charge >= 0.3 is 0 Å². The van der Waals surface area contributed by atoms with E-state index < -0.39 is 34.8 Å². The first-order valence-corrected chi connectivity index (χ1v) is 13.8. The molecule has 1 aromatic carbocycles. The number of carbonyl (C=O) groups excluding carboxylic acids is 3. The van der Waals surface area contributed by atoms with Gasteiger partial charge in [0.2, 0.25) is 18.2 Å². The van der Waals surface area contributed by atoms with E-state index in [9.17, 15) is 32.8 Å². The second-order valence-corrected chi connectivity index (χ2v) is 12.0. The van der Waals surface area contributed by atoms with Gasteiger partial charge < -0.3 is 15.5 Å². The molecule has 1 aliphatic heterocycles. The summed E-state index contributed by atoms with van der Waals surface area (Å²) in [6, 6.07) is 0.529. The molecule has 39 heavy (non-hydrogen) atoms. The summed E-state index contributed by atoms with van der Waals surface area (Å²) < 4.78 is 40.6. The van der Waals surface area contributed by atoms with Crippen LogP contribution in [0.4, 0.5) is 13.2 Å². The van der Waals surface area contributed by atoms with Gasteiger partial charge in [-0.05, 0) is 36.7 Å². The molecule has 1 unspecified atom stereocenters. The maximum Gasteiger partial charge on any atom is 0.245 e. The average Bonchev–Trinajstić information content (AvgIpc) is 3.40. The number of carbonyl (C=O) groups is 3. The van der Waals surface area contributed by atoms with Crippen LogP contribution in [0.1, 0.15) is 71.3 Å².